The SMILES string of the molecule is COC(=O)c1ccc(CNC2CCC(=O)N(C)C2)c(Br)c1. The lowest BCUT2D eigenvalue weighted by atomic mass is 10.0. The van der Waals surface area contributed by atoms with Crippen LogP contribution < -0.4 is 5.32 Å². The van der Waals surface area contributed by atoms with Crippen LogP contribution in [0.25, 0.3) is 0 Å². The first-order valence-electron chi connectivity index (χ1n) is 6.85. The summed E-state index contributed by atoms with van der Waals surface area (Å²) in [5.74, 6) is -0.140. The van der Waals surface area contributed by atoms with Gasteiger partial charge in [-0.15, -0.1) is 0 Å². The molecule has 6 heteroatoms. The Balaban J connectivity index is 1.94. The van der Waals surface area contributed by atoms with Crippen LogP contribution in [0.15, 0.2) is 22.7 Å². The van der Waals surface area contributed by atoms with E-state index in [2.05, 4.69) is 21.2 Å². The molecule has 0 saturated carbocycles. The highest BCUT2D eigenvalue weighted by molar-refractivity contribution is 9.10. The molecule has 0 spiro atoms. The number of rotatable bonds is 4. The Kier molecular flexibility index (Phi) is 5.36. The van der Waals surface area contributed by atoms with E-state index >= 15 is 0 Å². The van der Waals surface area contributed by atoms with Crippen molar-refractivity contribution in [2.75, 3.05) is 20.7 Å². The van der Waals surface area contributed by atoms with Crippen molar-refractivity contribution in [2.24, 2.45) is 0 Å². The van der Waals surface area contributed by atoms with Crippen molar-refractivity contribution < 1.29 is 14.3 Å². The number of halogens is 1. The molecule has 1 amide bonds. The fraction of sp³-hybridized carbons (Fsp3) is 0.467. The number of hydrogen-bond donors (Lipinski definition) is 1. The third kappa shape index (κ3) is 4.04. The van der Waals surface area contributed by atoms with Crippen LogP contribution in [0, 0.1) is 0 Å². The molecule has 1 saturated heterocycles. The van der Waals surface area contributed by atoms with E-state index in [0.29, 0.717) is 24.6 Å². The molecule has 21 heavy (non-hydrogen) atoms. The van der Waals surface area contributed by atoms with Crippen molar-refractivity contribution in [3.8, 4) is 0 Å². The van der Waals surface area contributed by atoms with E-state index in [1.54, 1.807) is 17.0 Å². The van der Waals surface area contributed by atoms with Gasteiger partial charge in [0.05, 0.1) is 12.7 Å². The number of carbonyl (C=O) groups excluding carboxylic acids is 2. The minimum Gasteiger partial charge on any atom is -0.465 e. The minimum atomic E-state index is -0.345. The summed E-state index contributed by atoms with van der Waals surface area (Å²) in [4.78, 5) is 24.7. The van der Waals surface area contributed by atoms with E-state index in [-0.39, 0.29) is 11.9 Å². The number of methoxy groups -OCH3 is 1. The molecule has 1 unspecified atom stereocenters. The number of ether oxygens (including phenoxy) is 1. The first kappa shape index (κ1) is 16.0. The van der Waals surface area contributed by atoms with E-state index in [1.807, 2.05) is 13.1 Å². The maximum Gasteiger partial charge on any atom is 0.337 e. The van der Waals surface area contributed by atoms with Gasteiger partial charge in [-0.2, -0.15) is 0 Å². The maximum absolute atomic E-state index is 11.5. The van der Waals surface area contributed by atoms with Gasteiger partial charge in [0.15, 0.2) is 0 Å². The average Bonchev–Trinajstić information content (AvgIpc) is 2.48. The third-order valence-electron chi connectivity index (χ3n) is 3.68. The number of likely N-dealkylation sites (tertiary alicyclic amines) is 1. The molecule has 1 aliphatic heterocycles. The number of benzene rings is 1. The molecular weight excluding hydrogens is 336 g/mol. The standard InChI is InChI=1S/C15H19BrN2O3/c1-18-9-12(5-6-14(18)19)17-8-11-4-3-10(7-13(11)16)15(20)21-2/h3-4,7,12,17H,5-6,8-9H2,1-2H3. The molecule has 0 bridgehead atoms. The molecule has 5 nitrogen and oxygen atoms in total. The Bertz CT molecular complexity index is 548. The van der Waals surface area contributed by atoms with E-state index < -0.39 is 0 Å². The van der Waals surface area contributed by atoms with E-state index in [0.717, 1.165) is 23.0 Å². The summed E-state index contributed by atoms with van der Waals surface area (Å²) in [6.07, 6.45) is 1.46. The number of hydrogen-bond acceptors (Lipinski definition) is 4. The van der Waals surface area contributed by atoms with E-state index in [1.165, 1.54) is 7.11 Å². The maximum atomic E-state index is 11.5. The van der Waals surface area contributed by atoms with Gasteiger partial charge >= 0.3 is 5.97 Å². The number of carbonyl (C=O) groups is 2. The van der Waals surface area contributed by atoms with Crippen molar-refractivity contribution in [1.29, 1.82) is 0 Å². The van der Waals surface area contributed by atoms with Crippen LogP contribution in [0.5, 0.6) is 0 Å². The smallest absolute Gasteiger partial charge is 0.337 e. The number of esters is 1. The monoisotopic (exact) mass is 354 g/mol. The second-order valence-electron chi connectivity index (χ2n) is 5.19. The molecule has 1 aromatic carbocycles. The first-order valence-corrected chi connectivity index (χ1v) is 7.64. The molecule has 2 rings (SSSR count). The van der Waals surface area contributed by atoms with Gasteiger partial charge in [0.1, 0.15) is 0 Å². The third-order valence-corrected chi connectivity index (χ3v) is 4.42. The van der Waals surface area contributed by atoms with Crippen molar-refractivity contribution in [2.45, 2.75) is 25.4 Å². The molecule has 0 aliphatic carbocycles. The largest absolute Gasteiger partial charge is 0.465 e. The zero-order valence-corrected chi connectivity index (χ0v) is 13.8. The highest BCUT2D eigenvalue weighted by Crippen LogP contribution is 2.20. The highest BCUT2D eigenvalue weighted by atomic mass is 79.9. The summed E-state index contributed by atoms with van der Waals surface area (Å²) in [7, 11) is 3.20. The van der Waals surface area contributed by atoms with Gasteiger partial charge in [-0.1, -0.05) is 22.0 Å². The van der Waals surface area contributed by atoms with Gasteiger partial charge in [0, 0.05) is 37.1 Å². The van der Waals surface area contributed by atoms with Gasteiger partial charge in [0.25, 0.3) is 0 Å². The number of nitrogens with one attached hydrogen (secondary N) is 1. The van der Waals surface area contributed by atoms with Gasteiger partial charge in [0.2, 0.25) is 5.91 Å². The summed E-state index contributed by atoms with van der Waals surface area (Å²) in [5.41, 5.74) is 1.60. The van der Waals surface area contributed by atoms with Gasteiger partial charge in [-0.3, -0.25) is 4.79 Å². The van der Waals surface area contributed by atoms with Gasteiger partial charge in [-0.25, -0.2) is 4.79 Å². The zero-order chi connectivity index (χ0) is 15.4. The lowest BCUT2D eigenvalue weighted by molar-refractivity contribution is -0.132. The molecule has 1 aliphatic rings. The van der Waals surface area contributed by atoms with Crippen LogP contribution in [0.1, 0.15) is 28.8 Å². The van der Waals surface area contributed by atoms with Crippen LogP contribution >= 0.6 is 15.9 Å². The fourth-order valence-corrected chi connectivity index (χ4v) is 2.89. The van der Waals surface area contributed by atoms with Crippen molar-refractivity contribution in [3.63, 3.8) is 0 Å². The molecule has 1 aromatic rings. The minimum absolute atomic E-state index is 0.205. The summed E-state index contributed by atoms with van der Waals surface area (Å²) in [6.45, 7) is 1.42. The normalized spacial score (nSPS) is 18.7. The predicted octanol–water partition coefficient (Wildman–Crippen LogP) is 1.95. The number of amides is 1. The van der Waals surface area contributed by atoms with Gasteiger partial charge < -0.3 is 15.0 Å². The highest BCUT2D eigenvalue weighted by Gasteiger charge is 2.22. The lowest BCUT2D eigenvalue weighted by Gasteiger charge is -2.30. The fourth-order valence-electron chi connectivity index (χ4n) is 2.37. The quantitative estimate of drug-likeness (QED) is 0.839. The Morgan fingerprint density at radius 2 is 2.29 bits per heavy atom. The topological polar surface area (TPSA) is 58.6 Å². The molecule has 114 valence electrons. The van der Waals surface area contributed by atoms with E-state index in [4.69, 9.17) is 4.74 Å². The molecule has 1 N–H and O–H groups in total. The summed E-state index contributed by atoms with van der Waals surface area (Å²) >= 11 is 3.48. The molecule has 1 heterocycles. The predicted molar refractivity (Wildman–Crippen MR) is 83.0 cm³/mol. The van der Waals surface area contributed by atoms with Crippen molar-refractivity contribution in [1.82, 2.24) is 10.2 Å². The summed E-state index contributed by atoms with van der Waals surface area (Å²) in [5, 5.41) is 3.45. The molecule has 1 atom stereocenters. The second-order valence-corrected chi connectivity index (χ2v) is 6.04. The van der Waals surface area contributed by atoms with Crippen LogP contribution in [0.3, 0.4) is 0 Å². The molecule has 0 radical (unpaired) electrons. The van der Waals surface area contributed by atoms with Crippen LogP contribution in [0.2, 0.25) is 0 Å². The van der Waals surface area contributed by atoms with Crippen LogP contribution in [0.4, 0.5) is 0 Å². The average molecular weight is 355 g/mol. The number of nitrogens with zero attached hydrogens (tertiary/aromatic N) is 1. The van der Waals surface area contributed by atoms with Crippen molar-refractivity contribution in [3.05, 3.63) is 33.8 Å². The zero-order valence-electron chi connectivity index (χ0n) is 12.2. The number of likely N-dealkylation sites (N-methyl/N-ethyl adjacent to an activating group) is 1. The van der Waals surface area contributed by atoms with Gasteiger partial charge in [-0.05, 0) is 24.1 Å². The Morgan fingerprint density at radius 1 is 1.52 bits per heavy atom. The second kappa shape index (κ2) is 7.04. The van der Waals surface area contributed by atoms with Crippen LogP contribution in [-0.2, 0) is 16.1 Å². The van der Waals surface area contributed by atoms with E-state index in [9.17, 15) is 9.59 Å². The summed E-state index contributed by atoms with van der Waals surface area (Å²) in [6, 6.07) is 5.73. The Labute approximate surface area is 132 Å². The molecule has 0 aromatic heterocycles. The lowest BCUT2D eigenvalue weighted by Crippen LogP contribution is -2.46. The summed E-state index contributed by atoms with van der Waals surface area (Å²) < 4.78 is 5.57. The Hall–Kier alpha value is -1.40. The van der Waals surface area contributed by atoms with Crippen molar-refractivity contribution >= 4 is 27.8 Å². The first-order chi connectivity index (χ1) is 10.0. The number of piperidine rings is 1. The Morgan fingerprint density at radius 3 is 2.90 bits per heavy atom. The molecular formula is C15H19BrN2O3. The van der Waals surface area contributed by atoms with Crippen LogP contribution in [-0.4, -0.2) is 43.5 Å². The molecule has 1 fully saturated rings.